The Morgan fingerprint density at radius 1 is 1.22 bits per heavy atom. The van der Waals surface area contributed by atoms with Crippen LogP contribution in [-0.2, 0) is 4.74 Å². The summed E-state index contributed by atoms with van der Waals surface area (Å²) in [6.45, 7) is 2.24. The number of nitrogens with zero attached hydrogens (tertiary/aromatic N) is 3. The van der Waals surface area contributed by atoms with Gasteiger partial charge in [0.25, 0.3) is 0 Å². The number of aromatic nitrogens is 5. The van der Waals surface area contributed by atoms with Gasteiger partial charge in [-0.25, -0.2) is 23.7 Å². The lowest BCUT2D eigenvalue weighted by molar-refractivity contribution is -0.275. The van der Waals surface area contributed by atoms with E-state index in [0.29, 0.717) is 5.52 Å². The second-order valence-corrected chi connectivity index (χ2v) is 8.73. The maximum absolute atomic E-state index is 14.6. The van der Waals surface area contributed by atoms with E-state index in [4.69, 9.17) is 9.47 Å². The molecule has 5 rings (SSSR count). The minimum atomic E-state index is -4.79. The van der Waals surface area contributed by atoms with Gasteiger partial charge in [0.2, 0.25) is 5.82 Å². The summed E-state index contributed by atoms with van der Waals surface area (Å²) in [6, 6.07) is 3.56. The third-order valence-corrected chi connectivity index (χ3v) is 6.86. The van der Waals surface area contributed by atoms with E-state index in [9.17, 15) is 26.7 Å². The average Bonchev–Trinajstić information content (AvgIpc) is 3.52. The van der Waals surface area contributed by atoms with Gasteiger partial charge in [-0.15, -0.1) is 0 Å². The molecular formula is C23H20F5N5O3. The first kappa shape index (κ1) is 24.0. The minimum absolute atomic E-state index is 0.000513. The third-order valence-electron chi connectivity index (χ3n) is 6.86. The van der Waals surface area contributed by atoms with E-state index in [1.165, 1.54) is 36.1 Å². The molecule has 0 aliphatic carbocycles. The summed E-state index contributed by atoms with van der Waals surface area (Å²) in [7, 11) is 1.10. The summed E-state index contributed by atoms with van der Waals surface area (Å²) in [5, 5.41) is 0. The van der Waals surface area contributed by atoms with Gasteiger partial charge in [0.05, 0.1) is 12.6 Å². The second-order valence-electron chi connectivity index (χ2n) is 8.73. The van der Waals surface area contributed by atoms with Crippen molar-refractivity contribution in [2.24, 2.45) is 5.92 Å². The van der Waals surface area contributed by atoms with Crippen molar-refractivity contribution < 1.29 is 31.4 Å². The van der Waals surface area contributed by atoms with Gasteiger partial charge in [0.1, 0.15) is 17.4 Å². The summed E-state index contributed by atoms with van der Waals surface area (Å²) in [5.74, 6) is -5.26. The van der Waals surface area contributed by atoms with E-state index < -0.39 is 52.8 Å². The quantitative estimate of drug-likeness (QED) is 0.394. The molecule has 0 unspecified atom stereocenters. The predicted molar refractivity (Wildman–Crippen MR) is 117 cm³/mol. The highest BCUT2D eigenvalue weighted by Gasteiger charge is 2.65. The van der Waals surface area contributed by atoms with Crippen molar-refractivity contribution in [1.82, 2.24) is 24.5 Å². The lowest BCUT2D eigenvalue weighted by Crippen LogP contribution is -2.46. The molecule has 1 aliphatic heterocycles. The van der Waals surface area contributed by atoms with E-state index in [1.54, 1.807) is 6.07 Å². The fourth-order valence-corrected chi connectivity index (χ4v) is 4.79. The monoisotopic (exact) mass is 509 g/mol. The lowest BCUT2D eigenvalue weighted by atomic mass is 9.77. The molecule has 8 nitrogen and oxygen atoms in total. The largest absolute Gasteiger partial charge is 0.493 e. The van der Waals surface area contributed by atoms with Gasteiger partial charge >= 0.3 is 11.9 Å². The van der Waals surface area contributed by atoms with Crippen LogP contribution in [0.25, 0.3) is 16.9 Å². The maximum atomic E-state index is 14.6. The molecule has 0 saturated carbocycles. The zero-order chi connectivity index (χ0) is 26.0. The Hall–Kier alpha value is -3.74. The van der Waals surface area contributed by atoms with Gasteiger partial charge in [0.15, 0.2) is 23.0 Å². The van der Waals surface area contributed by atoms with E-state index in [1.807, 2.05) is 0 Å². The molecule has 3 aromatic heterocycles. The van der Waals surface area contributed by atoms with Crippen molar-refractivity contribution >= 4 is 11.0 Å². The number of halogens is 5. The fraction of sp³-hybridized carbons (Fsp3) is 0.348. The van der Waals surface area contributed by atoms with Crippen molar-refractivity contribution in [3.63, 3.8) is 0 Å². The highest BCUT2D eigenvalue weighted by atomic mass is 19.4. The van der Waals surface area contributed by atoms with Crippen molar-refractivity contribution in [2.75, 3.05) is 7.11 Å². The number of imidazole rings is 2. The van der Waals surface area contributed by atoms with E-state index in [-0.39, 0.29) is 22.7 Å². The molecule has 4 heterocycles. The number of methoxy groups -OCH3 is 1. The first-order valence-corrected chi connectivity index (χ1v) is 10.9. The van der Waals surface area contributed by atoms with Crippen LogP contribution in [-0.4, -0.2) is 43.4 Å². The SMILES string of the molecule is COc1c([C@H]2[C@H](c3nc4c(-n5cc[nH]c5=O)nccc4[nH]3)O[C@@](C)(C(F)(F)F)[C@H]2C)ccc(F)c1F. The van der Waals surface area contributed by atoms with E-state index in [0.717, 1.165) is 20.1 Å². The number of H-pyrrole nitrogens is 2. The van der Waals surface area contributed by atoms with Crippen LogP contribution < -0.4 is 10.4 Å². The first-order chi connectivity index (χ1) is 17.0. The number of hydrogen-bond acceptors (Lipinski definition) is 5. The molecule has 1 aliphatic rings. The predicted octanol–water partition coefficient (Wildman–Crippen LogP) is 4.54. The number of ether oxygens (including phenoxy) is 2. The zero-order valence-electron chi connectivity index (χ0n) is 19.2. The van der Waals surface area contributed by atoms with Crippen LogP contribution in [0.15, 0.2) is 41.6 Å². The third kappa shape index (κ3) is 3.40. The number of rotatable bonds is 4. The highest BCUT2D eigenvalue weighted by molar-refractivity contribution is 5.81. The molecule has 1 aromatic carbocycles. The Morgan fingerprint density at radius 2 is 1.97 bits per heavy atom. The number of fused-ring (bicyclic) bond motifs is 1. The van der Waals surface area contributed by atoms with Crippen molar-refractivity contribution in [1.29, 1.82) is 0 Å². The lowest BCUT2D eigenvalue weighted by Gasteiger charge is -2.32. The van der Waals surface area contributed by atoms with Crippen LogP contribution in [0, 0.1) is 17.6 Å². The molecule has 190 valence electrons. The van der Waals surface area contributed by atoms with Crippen LogP contribution in [0.2, 0.25) is 0 Å². The summed E-state index contributed by atoms with van der Waals surface area (Å²) < 4.78 is 83.1. The van der Waals surface area contributed by atoms with Crippen LogP contribution >= 0.6 is 0 Å². The van der Waals surface area contributed by atoms with Gasteiger partial charge in [-0.2, -0.15) is 17.6 Å². The number of pyridine rings is 1. The second kappa shape index (κ2) is 8.15. The number of aromatic amines is 2. The number of hydrogen-bond donors (Lipinski definition) is 2. The molecule has 1 saturated heterocycles. The molecule has 2 N–H and O–H groups in total. The smallest absolute Gasteiger partial charge is 0.417 e. The summed E-state index contributed by atoms with van der Waals surface area (Å²) >= 11 is 0. The highest BCUT2D eigenvalue weighted by Crippen LogP contribution is 2.59. The zero-order valence-corrected chi connectivity index (χ0v) is 19.2. The standard InChI is InChI=1S/C23H20F5N5O3/c1-10-14(11-4-5-12(24)15(25)17(11)35-3)18(36-22(10,2)23(26,27)28)19-31-13-6-7-29-20(16(13)32-19)33-9-8-30-21(33)34/h4-10,14,18H,1-3H3,(H,30,34)(H,31,32)/t10-,14-,18+,22+/m0/s1. The van der Waals surface area contributed by atoms with Gasteiger partial charge in [-0.05, 0) is 19.1 Å². The van der Waals surface area contributed by atoms with Gasteiger partial charge in [-0.3, -0.25) is 0 Å². The Bertz CT molecular complexity index is 1510. The topological polar surface area (TPSA) is 97.8 Å². The summed E-state index contributed by atoms with van der Waals surface area (Å²) in [5.41, 5.74) is -2.53. The molecule has 13 heteroatoms. The van der Waals surface area contributed by atoms with Crippen LogP contribution in [0.5, 0.6) is 5.75 Å². The summed E-state index contributed by atoms with van der Waals surface area (Å²) in [6.07, 6.45) is -1.90. The molecule has 4 aromatic rings. The van der Waals surface area contributed by atoms with Gasteiger partial charge in [0, 0.05) is 36.0 Å². The molecule has 0 radical (unpaired) electrons. The average molecular weight is 509 g/mol. The van der Waals surface area contributed by atoms with Crippen LogP contribution in [0.3, 0.4) is 0 Å². The number of nitrogens with one attached hydrogen (secondary N) is 2. The molecule has 0 bridgehead atoms. The Morgan fingerprint density at radius 3 is 2.61 bits per heavy atom. The molecular weight excluding hydrogens is 489 g/mol. The Labute approximate surface area is 200 Å². The molecule has 0 amide bonds. The van der Waals surface area contributed by atoms with Crippen molar-refractivity contribution in [3.8, 4) is 11.6 Å². The number of benzene rings is 1. The maximum Gasteiger partial charge on any atom is 0.417 e. The molecule has 4 atom stereocenters. The van der Waals surface area contributed by atoms with Crippen LogP contribution in [0.4, 0.5) is 22.0 Å². The van der Waals surface area contributed by atoms with Crippen molar-refractivity contribution in [2.45, 2.75) is 37.6 Å². The molecule has 0 spiro atoms. The van der Waals surface area contributed by atoms with Gasteiger partial charge in [-0.1, -0.05) is 13.0 Å². The number of alkyl halides is 3. The normalized spacial score (nSPS) is 24.5. The van der Waals surface area contributed by atoms with E-state index in [2.05, 4.69) is 19.9 Å². The minimum Gasteiger partial charge on any atom is -0.493 e. The molecule has 1 fully saturated rings. The van der Waals surface area contributed by atoms with Crippen molar-refractivity contribution in [3.05, 3.63) is 70.3 Å². The summed E-state index contributed by atoms with van der Waals surface area (Å²) in [4.78, 5) is 26.2. The van der Waals surface area contributed by atoms with Crippen LogP contribution in [0.1, 0.15) is 37.3 Å². The van der Waals surface area contributed by atoms with Gasteiger partial charge < -0.3 is 19.4 Å². The molecule has 36 heavy (non-hydrogen) atoms. The Balaban J connectivity index is 1.71. The first-order valence-electron chi connectivity index (χ1n) is 10.9. The van der Waals surface area contributed by atoms with E-state index >= 15 is 0 Å². The Kier molecular flexibility index (Phi) is 5.43. The fourth-order valence-electron chi connectivity index (χ4n) is 4.79.